The van der Waals surface area contributed by atoms with Gasteiger partial charge in [-0.25, -0.2) is 8.78 Å². The summed E-state index contributed by atoms with van der Waals surface area (Å²) < 4.78 is 32.4. The first-order chi connectivity index (χ1) is 14.4. The van der Waals surface area contributed by atoms with Crippen molar-refractivity contribution in [3.63, 3.8) is 0 Å². The van der Waals surface area contributed by atoms with E-state index in [4.69, 9.17) is 4.74 Å². The first-order valence-corrected chi connectivity index (χ1v) is 10.4. The minimum atomic E-state index is -0.291. The van der Waals surface area contributed by atoms with Crippen LogP contribution in [0.15, 0.2) is 42.5 Å². The monoisotopic (exact) mass is 419 g/mol. The van der Waals surface area contributed by atoms with Crippen molar-refractivity contribution in [1.29, 1.82) is 0 Å². The van der Waals surface area contributed by atoms with Gasteiger partial charge in [-0.1, -0.05) is 12.1 Å². The van der Waals surface area contributed by atoms with Crippen molar-refractivity contribution in [3.05, 3.63) is 65.2 Å². The van der Waals surface area contributed by atoms with E-state index >= 15 is 0 Å². The van der Waals surface area contributed by atoms with Crippen LogP contribution in [-0.2, 0) is 17.9 Å². The summed E-state index contributed by atoms with van der Waals surface area (Å²) in [5.41, 5.74) is 1.65. The zero-order chi connectivity index (χ0) is 21.7. The van der Waals surface area contributed by atoms with Crippen molar-refractivity contribution >= 4 is 5.91 Å². The maximum Gasteiger partial charge on any atom is 0.280 e. The molecule has 7 heteroatoms. The molecule has 0 unspecified atom stereocenters. The number of carbonyl (C=O) groups excluding carboxylic acids is 1. The number of likely N-dealkylation sites (N-methyl/N-ethyl adjacent to an activating group) is 1. The van der Waals surface area contributed by atoms with Crippen LogP contribution >= 0.6 is 0 Å². The minimum absolute atomic E-state index is 0.0597. The molecule has 1 saturated heterocycles. The highest BCUT2D eigenvalue weighted by molar-refractivity contribution is 5.79. The molecule has 1 fully saturated rings. The Balaban J connectivity index is 1.52. The number of benzene rings is 2. The Hall–Kier alpha value is -2.51. The molecule has 2 aromatic rings. The molecule has 2 aromatic carbocycles. The number of rotatable bonds is 7. The first kappa shape index (κ1) is 22.2. The Morgan fingerprint density at radius 1 is 1.10 bits per heavy atom. The number of hydrogen-bond donors (Lipinski definition) is 2. The number of carbonyl (C=O) groups is 1. The Bertz CT molecular complexity index is 869. The van der Waals surface area contributed by atoms with Crippen molar-refractivity contribution in [1.82, 2.24) is 4.90 Å². The molecule has 3 rings (SSSR count). The number of halogens is 2. The summed E-state index contributed by atoms with van der Waals surface area (Å²) in [6, 6.07) is 10.8. The van der Waals surface area contributed by atoms with Crippen molar-refractivity contribution in [3.8, 4) is 5.75 Å². The third-order valence-electron chi connectivity index (χ3n) is 5.95. The number of amides is 1. The normalized spacial score (nSPS) is 19.9. The van der Waals surface area contributed by atoms with Crippen LogP contribution in [-0.4, -0.2) is 57.2 Å². The van der Waals surface area contributed by atoms with E-state index in [1.807, 2.05) is 13.0 Å². The zero-order valence-electron chi connectivity index (χ0n) is 17.9. The molecule has 2 N–H and O–H groups in total. The van der Waals surface area contributed by atoms with E-state index in [1.165, 1.54) is 28.0 Å². The molecule has 1 atom stereocenters. The highest BCUT2D eigenvalue weighted by Crippen LogP contribution is 2.18. The van der Waals surface area contributed by atoms with Gasteiger partial charge in [0.05, 0.1) is 12.7 Å². The van der Waals surface area contributed by atoms with Crippen LogP contribution in [0.1, 0.15) is 18.1 Å². The average molecular weight is 420 g/mol. The molecule has 0 radical (unpaired) electrons. The third-order valence-corrected chi connectivity index (χ3v) is 5.95. The van der Waals surface area contributed by atoms with Gasteiger partial charge >= 0.3 is 0 Å². The van der Waals surface area contributed by atoms with Crippen LogP contribution in [0.2, 0.25) is 0 Å². The van der Waals surface area contributed by atoms with Gasteiger partial charge in [0, 0.05) is 13.6 Å². The number of nitrogens with one attached hydrogen (secondary N) is 2. The van der Waals surface area contributed by atoms with Gasteiger partial charge in [-0.2, -0.15) is 0 Å². The summed E-state index contributed by atoms with van der Waals surface area (Å²) in [5, 5.41) is 0. The SMILES string of the molecule is COc1ccc(F)cc1C[NH+]1CC[NH+]([C@@H](C)C(=O)N(C)Cc2cccc(F)c2)CC1. The van der Waals surface area contributed by atoms with Crippen LogP contribution < -0.4 is 14.5 Å². The maximum absolute atomic E-state index is 13.6. The van der Waals surface area contributed by atoms with Crippen LogP contribution in [0.4, 0.5) is 8.78 Å². The molecule has 1 heterocycles. The molecular weight excluding hydrogens is 388 g/mol. The summed E-state index contributed by atoms with van der Waals surface area (Å²) in [5.74, 6) is 0.224. The number of quaternary nitrogens is 2. The average Bonchev–Trinajstić information content (AvgIpc) is 2.73. The van der Waals surface area contributed by atoms with Crippen LogP contribution in [0.3, 0.4) is 0 Å². The van der Waals surface area contributed by atoms with Gasteiger partial charge in [0.25, 0.3) is 5.91 Å². The predicted molar refractivity (Wildman–Crippen MR) is 110 cm³/mol. The minimum Gasteiger partial charge on any atom is -0.496 e. The van der Waals surface area contributed by atoms with Gasteiger partial charge in [0.1, 0.15) is 50.1 Å². The number of nitrogens with zero attached hydrogens (tertiary/aromatic N) is 1. The van der Waals surface area contributed by atoms with Crippen molar-refractivity contribution in [2.45, 2.75) is 26.1 Å². The van der Waals surface area contributed by atoms with Crippen LogP contribution in [0, 0.1) is 11.6 Å². The fraction of sp³-hybridized carbons (Fsp3) is 0.435. The highest BCUT2D eigenvalue weighted by Gasteiger charge is 2.33. The largest absolute Gasteiger partial charge is 0.496 e. The van der Waals surface area contributed by atoms with Crippen molar-refractivity contribution < 1.29 is 28.1 Å². The van der Waals surface area contributed by atoms with E-state index in [1.54, 1.807) is 37.3 Å². The van der Waals surface area contributed by atoms with Gasteiger partial charge in [-0.15, -0.1) is 0 Å². The molecule has 0 aromatic heterocycles. The second kappa shape index (κ2) is 10.00. The van der Waals surface area contributed by atoms with E-state index < -0.39 is 0 Å². The lowest BCUT2D eigenvalue weighted by Crippen LogP contribution is -3.29. The Morgan fingerprint density at radius 2 is 1.80 bits per heavy atom. The van der Waals surface area contributed by atoms with Gasteiger partial charge in [0.2, 0.25) is 0 Å². The number of hydrogen-bond acceptors (Lipinski definition) is 2. The van der Waals surface area contributed by atoms with Gasteiger partial charge in [0.15, 0.2) is 6.04 Å². The molecule has 0 bridgehead atoms. The Morgan fingerprint density at radius 3 is 2.47 bits per heavy atom. The number of ether oxygens (including phenoxy) is 1. The summed E-state index contributed by atoms with van der Waals surface area (Å²) in [6.45, 7) is 6.60. The Kier molecular flexibility index (Phi) is 7.39. The highest BCUT2D eigenvalue weighted by atomic mass is 19.1. The van der Waals surface area contributed by atoms with Crippen LogP contribution in [0.25, 0.3) is 0 Å². The second-order valence-electron chi connectivity index (χ2n) is 8.09. The van der Waals surface area contributed by atoms with E-state index in [-0.39, 0.29) is 23.6 Å². The molecule has 0 saturated carbocycles. The van der Waals surface area contributed by atoms with Gasteiger partial charge in [-0.05, 0) is 42.8 Å². The van der Waals surface area contributed by atoms with E-state index in [0.717, 1.165) is 37.3 Å². The lowest BCUT2D eigenvalue weighted by atomic mass is 10.1. The van der Waals surface area contributed by atoms with Crippen LogP contribution in [0.5, 0.6) is 5.75 Å². The molecule has 0 aliphatic carbocycles. The summed E-state index contributed by atoms with van der Waals surface area (Å²) in [6.07, 6.45) is 0. The number of methoxy groups -OCH3 is 1. The quantitative estimate of drug-likeness (QED) is 0.678. The maximum atomic E-state index is 13.6. The van der Waals surface area contributed by atoms with Crippen molar-refractivity contribution in [2.75, 3.05) is 40.3 Å². The van der Waals surface area contributed by atoms with E-state index in [2.05, 4.69) is 0 Å². The molecule has 162 valence electrons. The second-order valence-corrected chi connectivity index (χ2v) is 8.09. The topological polar surface area (TPSA) is 38.4 Å². The zero-order valence-corrected chi connectivity index (χ0v) is 17.9. The predicted octanol–water partition coefficient (Wildman–Crippen LogP) is 0.304. The van der Waals surface area contributed by atoms with Gasteiger partial charge < -0.3 is 19.4 Å². The molecule has 5 nitrogen and oxygen atoms in total. The molecule has 1 amide bonds. The number of piperazine rings is 1. The lowest BCUT2D eigenvalue weighted by molar-refractivity contribution is -1.02. The molecular formula is C23H31F2N3O2+2. The Labute approximate surface area is 176 Å². The first-order valence-electron chi connectivity index (χ1n) is 10.4. The van der Waals surface area contributed by atoms with E-state index in [0.29, 0.717) is 18.8 Å². The smallest absolute Gasteiger partial charge is 0.280 e. The fourth-order valence-electron chi connectivity index (χ4n) is 4.18. The molecule has 0 spiro atoms. The van der Waals surface area contributed by atoms with E-state index in [9.17, 15) is 13.6 Å². The molecule has 1 aliphatic rings. The van der Waals surface area contributed by atoms with Crippen molar-refractivity contribution in [2.24, 2.45) is 0 Å². The standard InChI is InChI=1S/C23H29F2N3O2/c1-17(23(29)26(2)15-18-5-4-6-20(24)13-18)28-11-9-27(10-12-28)16-19-14-21(25)7-8-22(19)30-3/h4-8,13-14,17H,9-12,15-16H2,1-3H3/p+2/t17-/m0/s1. The van der Waals surface area contributed by atoms with Gasteiger partial charge in [-0.3, -0.25) is 4.79 Å². The lowest BCUT2D eigenvalue weighted by Gasteiger charge is -2.34. The summed E-state index contributed by atoms with van der Waals surface area (Å²) in [4.78, 5) is 17.1. The molecule has 30 heavy (non-hydrogen) atoms. The third kappa shape index (κ3) is 5.55. The molecule has 1 aliphatic heterocycles. The summed E-state index contributed by atoms with van der Waals surface area (Å²) >= 11 is 0. The summed E-state index contributed by atoms with van der Waals surface area (Å²) in [7, 11) is 3.36. The fourth-order valence-corrected chi connectivity index (χ4v) is 4.18.